The molecule has 4 atom stereocenters. The summed E-state index contributed by atoms with van der Waals surface area (Å²) in [5.74, 6) is -1.28. The Bertz CT molecular complexity index is 2030. The number of imide groups is 1. The first kappa shape index (κ1) is 33.4. The predicted octanol–water partition coefficient (Wildman–Crippen LogP) is 7.32. The number of ether oxygens (including phenoxy) is 2. The molecule has 252 valence electrons. The zero-order valence-corrected chi connectivity index (χ0v) is 28.0. The van der Waals surface area contributed by atoms with Crippen LogP contribution in [0.3, 0.4) is 0 Å². The van der Waals surface area contributed by atoms with E-state index in [1.54, 1.807) is 42.6 Å². The lowest BCUT2D eigenvalue weighted by molar-refractivity contribution is -0.268. The van der Waals surface area contributed by atoms with Crippen LogP contribution in [0.25, 0.3) is 11.1 Å². The number of hydrogen-bond donors (Lipinski definition) is 2. The second-order valence-electron chi connectivity index (χ2n) is 12.4. The Labute approximate surface area is 293 Å². The molecule has 2 aliphatic rings. The lowest BCUT2D eigenvalue weighted by atomic mass is 9.91. The summed E-state index contributed by atoms with van der Waals surface area (Å²) < 4.78 is 13.3. The summed E-state index contributed by atoms with van der Waals surface area (Å²) in [7, 11) is 0. The maximum absolute atomic E-state index is 13.0. The fourth-order valence-corrected chi connectivity index (χ4v) is 7.57. The minimum atomic E-state index is -1.04. The summed E-state index contributed by atoms with van der Waals surface area (Å²) in [4.78, 5) is 43.4. The van der Waals surface area contributed by atoms with Gasteiger partial charge in [-0.25, -0.2) is 9.78 Å². The zero-order valence-electron chi connectivity index (χ0n) is 27.1. The number of aliphatic hydroxyl groups excluding tert-OH is 1. The van der Waals surface area contributed by atoms with Crippen molar-refractivity contribution in [1.29, 1.82) is 0 Å². The third-order valence-electron chi connectivity index (χ3n) is 9.15. The Morgan fingerprint density at radius 2 is 1.50 bits per heavy atom. The van der Waals surface area contributed by atoms with Crippen LogP contribution in [0.4, 0.5) is 0 Å². The van der Waals surface area contributed by atoms with E-state index in [9.17, 15) is 24.6 Å². The molecule has 0 aliphatic carbocycles. The smallest absolute Gasteiger partial charge is 0.338 e. The number of pyridine rings is 1. The number of benzene rings is 4. The van der Waals surface area contributed by atoms with Gasteiger partial charge in [0.15, 0.2) is 6.29 Å². The van der Waals surface area contributed by atoms with Gasteiger partial charge in [0.1, 0.15) is 5.03 Å². The molecular weight excluding hydrogens is 653 g/mol. The average Bonchev–Trinajstić information content (AvgIpc) is 3.39. The van der Waals surface area contributed by atoms with E-state index < -0.39 is 12.3 Å². The van der Waals surface area contributed by atoms with Gasteiger partial charge in [-0.3, -0.25) is 14.5 Å². The van der Waals surface area contributed by atoms with E-state index >= 15 is 0 Å². The Kier molecular flexibility index (Phi) is 9.60. The fourth-order valence-electron chi connectivity index (χ4n) is 6.42. The van der Waals surface area contributed by atoms with Crippen molar-refractivity contribution in [2.75, 3.05) is 5.75 Å². The van der Waals surface area contributed by atoms with Gasteiger partial charge in [0.05, 0.1) is 42.0 Å². The highest BCUT2D eigenvalue weighted by Gasteiger charge is 2.39. The van der Waals surface area contributed by atoms with Crippen molar-refractivity contribution in [3.63, 3.8) is 0 Å². The number of aliphatic hydroxyl groups is 1. The molecule has 0 bridgehead atoms. The number of carbonyl (C=O) groups excluding carboxylic acids is 2. The summed E-state index contributed by atoms with van der Waals surface area (Å²) in [6.45, 7) is 2.15. The van der Waals surface area contributed by atoms with Crippen LogP contribution >= 0.6 is 11.8 Å². The molecule has 2 N–H and O–H groups in total. The van der Waals surface area contributed by atoms with Gasteiger partial charge in [-0.15, -0.1) is 11.8 Å². The minimum Gasteiger partial charge on any atom is -0.478 e. The van der Waals surface area contributed by atoms with Gasteiger partial charge in [0, 0.05) is 23.4 Å². The van der Waals surface area contributed by atoms with E-state index in [1.165, 1.54) is 16.7 Å². The van der Waals surface area contributed by atoms with Gasteiger partial charge in [-0.1, -0.05) is 79.7 Å². The van der Waals surface area contributed by atoms with Crippen LogP contribution in [-0.2, 0) is 22.6 Å². The van der Waals surface area contributed by atoms with Crippen molar-refractivity contribution in [3.8, 4) is 11.1 Å². The Hall–Kier alpha value is -5.13. The van der Waals surface area contributed by atoms with E-state index in [0.29, 0.717) is 21.9 Å². The number of fused-ring (bicyclic) bond motifs is 1. The molecular formula is C40H34N2O7S. The van der Waals surface area contributed by atoms with Gasteiger partial charge in [-0.2, -0.15) is 0 Å². The fraction of sp³-hybridized carbons (Fsp3) is 0.200. The van der Waals surface area contributed by atoms with Gasteiger partial charge < -0.3 is 19.7 Å². The number of carboxylic acid groups (broad SMARTS) is 1. The molecule has 7 rings (SSSR count). The summed E-state index contributed by atoms with van der Waals surface area (Å²) in [6, 6.07) is 33.3. The van der Waals surface area contributed by atoms with Gasteiger partial charge in [0.2, 0.25) is 0 Å². The largest absolute Gasteiger partial charge is 0.478 e. The highest BCUT2D eigenvalue weighted by molar-refractivity contribution is 7.99. The topological polar surface area (TPSA) is 126 Å². The second-order valence-corrected chi connectivity index (χ2v) is 13.4. The molecule has 0 saturated carbocycles. The molecule has 0 radical (unpaired) electrons. The van der Waals surface area contributed by atoms with Crippen molar-refractivity contribution in [3.05, 3.63) is 154 Å². The summed E-state index contributed by atoms with van der Waals surface area (Å²) in [6.07, 6.45) is 0.180. The number of nitrogens with zero attached hydrogens (tertiary/aromatic N) is 2. The van der Waals surface area contributed by atoms with Crippen LogP contribution in [0.5, 0.6) is 0 Å². The standard InChI is InChI=1S/C40H34N2O7S/c1-24-34(23-50-36-33(39(46)47)13-6-18-41-36)48-40(49-35(24)27-16-14-25(22-43)15-17-27)30-10-5-9-29(20-30)28-8-4-7-26(19-28)21-42-37(44)31-11-2-3-12-32(31)38(42)45/h2-20,24,34-35,40,43H,21-23H2,1H3,(H,46,47). The Morgan fingerprint density at radius 3 is 2.20 bits per heavy atom. The molecule has 0 spiro atoms. The van der Waals surface area contributed by atoms with Crippen LogP contribution in [0.2, 0.25) is 0 Å². The molecule has 1 saturated heterocycles. The molecule has 9 nitrogen and oxygen atoms in total. The van der Waals surface area contributed by atoms with E-state index in [4.69, 9.17) is 9.47 Å². The van der Waals surface area contributed by atoms with Crippen molar-refractivity contribution in [1.82, 2.24) is 9.88 Å². The van der Waals surface area contributed by atoms with Crippen LogP contribution in [0.15, 0.2) is 120 Å². The molecule has 2 amide bonds. The van der Waals surface area contributed by atoms with Crippen LogP contribution in [-0.4, -0.2) is 49.7 Å². The maximum Gasteiger partial charge on any atom is 0.338 e. The summed E-state index contributed by atoms with van der Waals surface area (Å²) in [5, 5.41) is 19.7. The summed E-state index contributed by atoms with van der Waals surface area (Å²) in [5.41, 5.74) is 6.16. The number of thioether (sulfide) groups is 1. The third kappa shape index (κ3) is 6.71. The molecule has 2 aliphatic heterocycles. The first-order valence-corrected chi connectivity index (χ1v) is 17.3. The molecule has 1 aromatic heterocycles. The highest BCUT2D eigenvalue weighted by Crippen LogP contribution is 2.43. The van der Waals surface area contributed by atoms with E-state index in [1.807, 2.05) is 72.8 Å². The summed E-state index contributed by atoms with van der Waals surface area (Å²) >= 11 is 1.34. The number of carboxylic acids is 1. The number of aromatic nitrogens is 1. The number of carbonyl (C=O) groups is 3. The van der Waals surface area contributed by atoms with Crippen LogP contribution in [0, 0.1) is 5.92 Å². The van der Waals surface area contributed by atoms with Gasteiger partial charge in [0.25, 0.3) is 11.8 Å². The molecule has 4 aromatic carbocycles. The number of rotatable bonds is 10. The monoisotopic (exact) mass is 686 g/mol. The molecule has 4 unspecified atom stereocenters. The number of aromatic carboxylic acids is 1. The Morgan fingerprint density at radius 1 is 0.800 bits per heavy atom. The average molecular weight is 687 g/mol. The van der Waals surface area contributed by atoms with E-state index in [-0.39, 0.29) is 48.7 Å². The quantitative estimate of drug-likeness (QED) is 0.115. The van der Waals surface area contributed by atoms with E-state index in [2.05, 4.69) is 11.9 Å². The first-order valence-electron chi connectivity index (χ1n) is 16.3. The molecule has 10 heteroatoms. The number of hydrogen-bond acceptors (Lipinski definition) is 8. The van der Waals surface area contributed by atoms with Crippen molar-refractivity contribution in [2.45, 2.75) is 43.6 Å². The first-order chi connectivity index (χ1) is 24.3. The van der Waals surface area contributed by atoms with Crippen LogP contribution < -0.4 is 0 Å². The third-order valence-corrected chi connectivity index (χ3v) is 10.2. The molecule has 50 heavy (non-hydrogen) atoms. The van der Waals surface area contributed by atoms with E-state index in [0.717, 1.165) is 33.4 Å². The van der Waals surface area contributed by atoms with Crippen molar-refractivity contribution in [2.24, 2.45) is 5.92 Å². The molecule has 1 fully saturated rings. The molecule has 3 heterocycles. The minimum absolute atomic E-state index is 0.0609. The molecule has 5 aromatic rings. The van der Waals surface area contributed by atoms with Crippen molar-refractivity contribution >= 4 is 29.5 Å². The lowest BCUT2D eigenvalue weighted by Gasteiger charge is -2.41. The SMILES string of the molecule is CC1C(CSc2ncccc2C(=O)O)OC(c2cccc(-c3cccc(CN4C(=O)c5ccccc5C4=O)c3)c2)OC1c1ccc(CO)cc1. The Balaban J connectivity index is 1.15. The highest BCUT2D eigenvalue weighted by atomic mass is 32.2. The maximum atomic E-state index is 13.0. The normalized spacial score (nSPS) is 20.2. The van der Waals surface area contributed by atoms with Crippen LogP contribution in [0.1, 0.15) is 72.6 Å². The predicted molar refractivity (Wildman–Crippen MR) is 187 cm³/mol. The second kappa shape index (κ2) is 14.4. The lowest BCUT2D eigenvalue weighted by Crippen LogP contribution is -2.38. The van der Waals surface area contributed by atoms with Gasteiger partial charge in [-0.05, 0) is 64.2 Å². The number of amides is 2. The zero-order chi connectivity index (χ0) is 34.8. The van der Waals surface area contributed by atoms with Crippen molar-refractivity contribution < 1.29 is 34.1 Å². The van der Waals surface area contributed by atoms with Gasteiger partial charge >= 0.3 is 5.97 Å².